The molecular formula is C99H102Cl2F9N13O16. The number of carboxylic acid groups (broad SMARTS) is 5. The van der Waals surface area contributed by atoms with Crippen molar-refractivity contribution < 1.29 is 93.9 Å². The van der Waals surface area contributed by atoms with Crippen molar-refractivity contribution in [2.24, 2.45) is 28.3 Å². The fourth-order valence-electron chi connectivity index (χ4n) is 19.4. The number of fused-ring (bicyclic) bond motifs is 6. The zero-order valence-electron chi connectivity index (χ0n) is 77.4. The molecular weight excluding hydrogens is 1870 g/mol. The molecule has 139 heavy (non-hydrogen) atoms. The molecule has 3 aliphatic heterocycles. The molecule has 0 amide bonds. The van der Waals surface area contributed by atoms with Gasteiger partial charge >= 0.3 is 29.8 Å². The molecule has 5 aromatic carbocycles. The first-order valence-corrected chi connectivity index (χ1v) is 46.6. The summed E-state index contributed by atoms with van der Waals surface area (Å²) in [5, 5.41) is 60.9. The highest BCUT2D eigenvalue weighted by Gasteiger charge is 2.58. The van der Waals surface area contributed by atoms with E-state index in [1.807, 2.05) is 28.2 Å². The molecule has 6 aromatic heterocycles. The number of carbonyl (C=O) groups is 5. The number of anilines is 3. The van der Waals surface area contributed by atoms with E-state index in [-0.39, 0.29) is 148 Å². The standard InChI is InChI=1S/C23H21F3N4O3.C22H24ClF2N3O3.C22H27FN4O4.C16H14ClF2NO3.C16H16FNO3/c1-10(2)27-19-13-7-29(8-14(13)19)22-17(26)6-12-20(31)15(23(32)33)9-30(21(12)28-22)18-4-3-11(24)5-16(18)25;1-10(2)26-16-8-27(9-22(16)3-4-22)19-14(25)5-11-18(17(19)23)28(15-6-13(15)24)7-12(20(11)29)21(30)31;1-12(2)24-8-13-9-26(11-18(13)25-31-3)20-7-19-15(6-17(20)23)21(28)16(22(29)30)10-27(19)14-4-5-14;1-6(2)12-10(19)3-7-14(13(12)17)20(11-4-9(11)18)5-8(15(7)21)16(22)23;1-8(2)10-6-14-11(5-13(10)17)15(19)12(16(20)21)7-18(14)9-3-4-9/h3-6,9-10,13-14,19,27H,7-8H2,1-2H3,(H,32,33);5,7,10,13,15-16,26H,3-4,6,8-9H2,1-2H3,(H,30,31);6-7,10,12-14,24H,4-5,8-9,11H2,1-3H3,(H,29,30);3,5-6,9,11H,4H2,1-2H3,(H,22,23);5-9H,3-4H2,1-2H3,(H,20,21)/b;;25-18+;;. The largest absolute Gasteiger partial charge is 0.477 e. The Kier molecular flexibility index (Phi) is 27.5. The summed E-state index contributed by atoms with van der Waals surface area (Å²) in [6, 6.07) is 12.1. The highest BCUT2D eigenvalue weighted by Crippen LogP contribution is 2.56. The number of nitrogens with zero attached hydrogens (tertiary/aromatic N) is 10. The summed E-state index contributed by atoms with van der Waals surface area (Å²) in [4.78, 5) is 135. The summed E-state index contributed by atoms with van der Waals surface area (Å²) in [6.45, 7) is 23.7. The van der Waals surface area contributed by atoms with Gasteiger partial charge < -0.3 is 79.3 Å². The predicted octanol–water partition coefficient (Wildman–Crippen LogP) is 16.5. The van der Waals surface area contributed by atoms with E-state index in [2.05, 4.69) is 67.6 Å². The Morgan fingerprint density at radius 3 is 1.43 bits per heavy atom. The molecule has 0 radical (unpaired) electrons. The van der Waals surface area contributed by atoms with Crippen LogP contribution in [0.1, 0.15) is 220 Å². The zero-order valence-corrected chi connectivity index (χ0v) is 78.9. The molecule has 11 aromatic rings. The minimum atomic E-state index is -1.55. The first-order chi connectivity index (χ1) is 65.7. The van der Waals surface area contributed by atoms with E-state index in [0.29, 0.717) is 104 Å². The second-order valence-electron chi connectivity index (χ2n) is 38.8. The van der Waals surface area contributed by atoms with Crippen LogP contribution in [0.3, 0.4) is 0 Å². The SMILES string of the molecule is CC(C)NC1C2CN(c3nc4c(cc3F)c(=O)c(C(=O)O)cn4-c3ccc(F)cc3F)CC21.CC(C)NC1CN(c2c(F)cc3c(=O)c(C(=O)O)cn(C4CC4F)c3c2Cl)CC12CC2.CC(C)c1c(F)cc2c(=O)c(C(=O)O)cn(C3CC3F)c2c1Cl.CC(C)c1cc2c(cc1F)c(=O)c(C(=O)O)cn2C1CC1.CO/N=C1\CN(c2cc3c(cc2F)c(=O)c(C(=O)O)cn3C2CC2)CC1CNC(C)C. The maximum atomic E-state index is 15.3. The summed E-state index contributed by atoms with van der Waals surface area (Å²) in [6.07, 6.45) is 9.90. The molecule has 1 spiro atoms. The van der Waals surface area contributed by atoms with Crippen molar-refractivity contribution in [2.75, 3.05) is 67.6 Å². The van der Waals surface area contributed by atoms with Gasteiger partial charge in [0.05, 0.1) is 89.7 Å². The molecule has 20 rings (SSSR count). The van der Waals surface area contributed by atoms with Gasteiger partial charge in [0.25, 0.3) is 0 Å². The Morgan fingerprint density at radius 1 is 0.504 bits per heavy atom. The number of aromatic nitrogens is 6. The molecule has 9 fully saturated rings. The minimum Gasteiger partial charge on any atom is -0.477 e. The Balaban J connectivity index is 0.000000127. The molecule has 9 aliphatic rings. The second kappa shape index (κ2) is 38.5. The van der Waals surface area contributed by atoms with Crippen molar-refractivity contribution in [1.82, 2.24) is 43.8 Å². The van der Waals surface area contributed by atoms with Crippen LogP contribution in [0.2, 0.25) is 10.0 Å². The summed E-state index contributed by atoms with van der Waals surface area (Å²) in [5.41, 5.74) is -2.70. The van der Waals surface area contributed by atoms with Crippen molar-refractivity contribution >= 4 is 131 Å². The second-order valence-corrected chi connectivity index (χ2v) is 39.5. The van der Waals surface area contributed by atoms with Crippen LogP contribution in [0.5, 0.6) is 0 Å². The first-order valence-electron chi connectivity index (χ1n) is 45.9. The van der Waals surface area contributed by atoms with Gasteiger partial charge in [-0.15, -0.1) is 0 Å². The van der Waals surface area contributed by atoms with Crippen LogP contribution < -0.4 is 57.8 Å². The van der Waals surface area contributed by atoms with E-state index in [9.17, 15) is 89.6 Å². The molecule has 9 heterocycles. The molecule has 0 bridgehead atoms. The Bertz CT molecular complexity index is 7270. The van der Waals surface area contributed by atoms with E-state index in [1.54, 1.807) is 35.4 Å². The lowest BCUT2D eigenvalue weighted by Crippen LogP contribution is -2.41. The third kappa shape index (κ3) is 19.5. The maximum Gasteiger partial charge on any atom is 0.341 e. The van der Waals surface area contributed by atoms with E-state index in [4.69, 9.17) is 38.3 Å². The van der Waals surface area contributed by atoms with E-state index < -0.39 is 139 Å². The number of oxime groups is 1. The summed E-state index contributed by atoms with van der Waals surface area (Å²) >= 11 is 13.0. The van der Waals surface area contributed by atoms with Crippen LogP contribution in [0.4, 0.5) is 56.7 Å². The van der Waals surface area contributed by atoms with Crippen LogP contribution in [0.25, 0.3) is 60.3 Å². The Morgan fingerprint density at radius 2 is 0.964 bits per heavy atom. The van der Waals surface area contributed by atoms with Gasteiger partial charge in [-0.3, -0.25) is 28.5 Å². The Hall–Kier alpha value is -12.7. The number of hydrogen-bond donors (Lipinski definition) is 8. The normalized spacial score (nSPS) is 21.1. The number of pyridine rings is 6. The average molecular weight is 1970 g/mol. The van der Waals surface area contributed by atoms with Gasteiger partial charge in [-0.2, -0.15) is 0 Å². The number of piperidine rings is 1. The number of aromatic carboxylic acids is 5. The van der Waals surface area contributed by atoms with Crippen LogP contribution in [0.15, 0.2) is 121 Å². The highest BCUT2D eigenvalue weighted by molar-refractivity contribution is 6.38. The fourth-order valence-corrected chi connectivity index (χ4v) is 20.3. The Labute approximate surface area is 797 Å². The molecule has 8 N–H and O–H groups in total. The van der Waals surface area contributed by atoms with Gasteiger partial charge in [-0.1, -0.05) is 97.6 Å². The van der Waals surface area contributed by atoms with E-state index in [0.717, 1.165) is 97.7 Å². The number of nitrogens with one attached hydrogen (secondary N) is 3. The third-order valence-corrected chi connectivity index (χ3v) is 27.8. The van der Waals surface area contributed by atoms with Crippen LogP contribution in [-0.2, 0) is 4.84 Å². The summed E-state index contributed by atoms with van der Waals surface area (Å²) in [7, 11) is 1.49. The van der Waals surface area contributed by atoms with Crippen molar-refractivity contribution in [3.8, 4) is 5.69 Å². The molecule has 736 valence electrons. The van der Waals surface area contributed by atoms with Crippen LogP contribution in [0, 0.1) is 63.9 Å². The van der Waals surface area contributed by atoms with Crippen molar-refractivity contribution in [3.63, 3.8) is 0 Å². The van der Waals surface area contributed by atoms with Crippen molar-refractivity contribution in [3.05, 3.63) is 232 Å². The average Bonchev–Trinajstić information content (AvgIpc) is 1.57. The lowest BCUT2D eigenvalue weighted by molar-refractivity contribution is 0.0684. The van der Waals surface area contributed by atoms with E-state index in [1.165, 1.54) is 40.8 Å². The number of alkyl halides is 2. The maximum absolute atomic E-state index is 15.3. The highest BCUT2D eigenvalue weighted by atomic mass is 35.5. The third-order valence-electron chi connectivity index (χ3n) is 27.1. The fraction of sp³-hybridized carbons (Fsp3) is 0.434. The van der Waals surface area contributed by atoms with Gasteiger partial charge in [0.2, 0.25) is 27.1 Å². The lowest BCUT2D eigenvalue weighted by atomic mass is 9.99. The van der Waals surface area contributed by atoms with Gasteiger partial charge in [-0.25, -0.2) is 68.5 Å². The van der Waals surface area contributed by atoms with Crippen LogP contribution in [-0.4, -0.2) is 184 Å². The molecule has 40 heteroatoms. The molecule has 3 saturated heterocycles. The van der Waals surface area contributed by atoms with Gasteiger partial charge in [0.15, 0.2) is 17.3 Å². The molecule has 8 atom stereocenters. The number of rotatable bonds is 23. The van der Waals surface area contributed by atoms with Crippen molar-refractivity contribution in [2.45, 2.75) is 199 Å². The van der Waals surface area contributed by atoms with Gasteiger partial charge in [0, 0.05) is 159 Å². The molecule has 8 unspecified atom stereocenters. The van der Waals surface area contributed by atoms with E-state index >= 15 is 13.2 Å². The number of benzene rings is 5. The number of hydrogen-bond acceptors (Lipinski definition) is 19. The van der Waals surface area contributed by atoms with Crippen LogP contribution >= 0.6 is 23.2 Å². The molecule has 6 aliphatic carbocycles. The topological polar surface area (TPSA) is 377 Å². The van der Waals surface area contributed by atoms with Gasteiger partial charge in [0.1, 0.15) is 82.2 Å². The van der Waals surface area contributed by atoms with Crippen molar-refractivity contribution in [1.29, 1.82) is 0 Å². The molecule has 29 nitrogen and oxygen atoms in total. The summed E-state index contributed by atoms with van der Waals surface area (Å²) in [5.74, 6) is -11.4. The predicted molar refractivity (Wildman–Crippen MR) is 507 cm³/mol. The smallest absolute Gasteiger partial charge is 0.341 e. The summed E-state index contributed by atoms with van der Waals surface area (Å²) < 4.78 is 137. The number of halogens is 11. The first kappa shape index (κ1) is 99.4. The monoisotopic (exact) mass is 1970 g/mol. The van der Waals surface area contributed by atoms with Gasteiger partial charge in [-0.05, 0) is 122 Å². The molecule has 6 saturated carbocycles. The number of carboxylic acids is 5. The quantitative estimate of drug-likeness (QED) is 0.0218. The zero-order chi connectivity index (χ0) is 100. The minimum absolute atomic E-state index is 0.00342. The lowest BCUT2D eigenvalue weighted by Gasteiger charge is -2.24.